The largest absolute Gasteiger partial charge is 0.550 e. The van der Waals surface area contributed by atoms with E-state index in [1.165, 1.54) is 13.0 Å². The van der Waals surface area contributed by atoms with Crippen LogP contribution in [0.3, 0.4) is 0 Å². The second-order valence-electron chi connectivity index (χ2n) is 6.63. The van der Waals surface area contributed by atoms with Crippen LogP contribution in [0, 0.1) is 6.92 Å². The van der Waals surface area contributed by atoms with E-state index in [4.69, 9.17) is 0 Å². The molecule has 0 amide bonds. The van der Waals surface area contributed by atoms with Crippen LogP contribution in [0.1, 0.15) is 18.9 Å². The van der Waals surface area contributed by atoms with E-state index in [1.54, 1.807) is 42.6 Å². The molecule has 0 aliphatic carbocycles. The molecule has 0 aliphatic heterocycles. The number of pyridine rings is 1. The molecule has 4 aromatic rings. The fourth-order valence-corrected chi connectivity index (χ4v) is 3.99. The van der Waals surface area contributed by atoms with Gasteiger partial charge in [0.05, 0.1) is 4.90 Å². The summed E-state index contributed by atoms with van der Waals surface area (Å²) < 4.78 is 28.0. The van der Waals surface area contributed by atoms with Crippen molar-refractivity contribution in [1.82, 2.24) is 9.97 Å². The topological polar surface area (TPSA) is 135 Å². The summed E-state index contributed by atoms with van der Waals surface area (Å²) in [5.41, 5.74) is 2.25. The second kappa shape index (κ2) is 8.42. The van der Waals surface area contributed by atoms with Crippen LogP contribution >= 0.6 is 0 Å². The Balaban J connectivity index is 0.000000461. The van der Waals surface area contributed by atoms with Crippen LogP contribution in [0.25, 0.3) is 21.8 Å². The van der Waals surface area contributed by atoms with Gasteiger partial charge in [-0.15, -0.1) is 0 Å². The van der Waals surface area contributed by atoms with Gasteiger partial charge in [0.25, 0.3) is 15.6 Å². The highest BCUT2D eigenvalue weighted by atomic mass is 32.2. The number of aromatic amines is 2. The van der Waals surface area contributed by atoms with E-state index in [2.05, 4.69) is 14.7 Å². The molecule has 30 heavy (non-hydrogen) atoms. The molecular weight excluding hydrogens is 406 g/mol. The summed E-state index contributed by atoms with van der Waals surface area (Å²) in [5, 5.41) is 10.6. The van der Waals surface area contributed by atoms with Gasteiger partial charge in [-0.1, -0.05) is 19.1 Å². The smallest absolute Gasteiger partial charge is 0.272 e. The molecule has 2 aromatic heterocycles. The molecule has 156 valence electrons. The van der Waals surface area contributed by atoms with E-state index >= 15 is 0 Å². The first kappa shape index (κ1) is 21.1. The third-order valence-corrected chi connectivity index (χ3v) is 5.75. The Morgan fingerprint density at radius 3 is 2.50 bits per heavy atom. The highest BCUT2D eigenvalue weighted by molar-refractivity contribution is 7.92. The molecule has 8 nitrogen and oxygen atoms in total. The maximum absolute atomic E-state index is 12.7. The van der Waals surface area contributed by atoms with Crippen molar-refractivity contribution in [2.24, 2.45) is 0 Å². The average Bonchev–Trinajstić information content (AvgIpc) is 3.19. The van der Waals surface area contributed by atoms with Crippen molar-refractivity contribution < 1.29 is 18.3 Å². The number of hydrogen-bond acceptors (Lipinski definition) is 5. The molecule has 0 unspecified atom stereocenters. The molecule has 0 radical (unpaired) electrons. The number of anilines is 1. The molecule has 0 aliphatic rings. The first-order valence-electron chi connectivity index (χ1n) is 9.13. The van der Waals surface area contributed by atoms with Gasteiger partial charge < -0.3 is 19.9 Å². The van der Waals surface area contributed by atoms with E-state index in [0.717, 1.165) is 5.56 Å². The Bertz CT molecular complexity index is 1390. The molecule has 0 fully saturated rings. The van der Waals surface area contributed by atoms with Gasteiger partial charge >= 0.3 is 0 Å². The van der Waals surface area contributed by atoms with Crippen molar-refractivity contribution in [3.8, 4) is 0 Å². The lowest BCUT2D eigenvalue weighted by atomic mass is 10.1. The molecule has 0 atom stereocenters. The Kier molecular flexibility index (Phi) is 5.93. The lowest BCUT2D eigenvalue weighted by molar-refractivity contribution is -0.305. The fraction of sp³-hybridized carbons (Fsp3) is 0.143. The summed E-state index contributed by atoms with van der Waals surface area (Å²) in [5.74, 6) is -0.995. The number of carboxylic acids is 1. The number of carbonyl (C=O) groups is 1. The van der Waals surface area contributed by atoms with Crippen molar-refractivity contribution in [2.75, 3.05) is 4.72 Å². The molecule has 4 rings (SSSR count). The van der Waals surface area contributed by atoms with Crippen molar-refractivity contribution in [3.05, 3.63) is 70.6 Å². The summed E-state index contributed by atoms with van der Waals surface area (Å²) in [6.45, 7) is 3.43. The third-order valence-electron chi connectivity index (χ3n) is 4.37. The van der Waals surface area contributed by atoms with Crippen molar-refractivity contribution in [1.29, 1.82) is 0 Å². The standard InChI is InChI=1S/C18H15N3O3S.C3H6O2/c1-11-3-2-4-12(9-11)21-25(23,24)13-5-6-16-15(10-13)14-7-8-19-17(14)18(22)20-16;1-2-3(4)5/h2-10,19,21H,1H3,(H,20,22);2H2,1H3,(H,4,5)/p-1. The van der Waals surface area contributed by atoms with Gasteiger partial charge in [-0.3, -0.25) is 9.52 Å². The number of rotatable bonds is 4. The zero-order valence-corrected chi connectivity index (χ0v) is 17.2. The molecular formula is C21H20N3O5S-. The summed E-state index contributed by atoms with van der Waals surface area (Å²) in [7, 11) is -3.74. The first-order valence-corrected chi connectivity index (χ1v) is 10.6. The van der Waals surface area contributed by atoms with Crippen LogP contribution < -0.4 is 15.4 Å². The number of H-pyrrole nitrogens is 2. The Morgan fingerprint density at radius 2 is 1.83 bits per heavy atom. The van der Waals surface area contributed by atoms with Gasteiger partial charge in [-0.05, 0) is 55.3 Å². The van der Waals surface area contributed by atoms with Gasteiger partial charge in [0.1, 0.15) is 5.52 Å². The average molecular weight is 426 g/mol. The molecule has 9 heteroatoms. The van der Waals surface area contributed by atoms with Crippen LogP contribution in [0.2, 0.25) is 0 Å². The number of sulfonamides is 1. The number of aliphatic carboxylic acids is 1. The second-order valence-corrected chi connectivity index (χ2v) is 8.31. The predicted molar refractivity (Wildman–Crippen MR) is 114 cm³/mol. The number of carbonyl (C=O) groups excluding carboxylic acids is 1. The number of benzene rings is 2. The molecule has 0 saturated carbocycles. The number of aromatic nitrogens is 2. The minimum Gasteiger partial charge on any atom is -0.550 e. The van der Waals surface area contributed by atoms with Gasteiger partial charge in [0.2, 0.25) is 0 Å². The molecule has 3 N–H and O–H groups in total. The van der Waals surface area contributed by atoms with E-state index in [0.29, 0.717) is 27.5 Å². The number of carboxylic acid groups (broad SMARTS) is 1. The fourth-order valence-electron chi connectivity index (χ4n) is 2.91. The molecule has 2 aromatic carbocycles. The summed E-state index contributed by atoms with van der Waals surface area (Å²) in [4.78, 5) is 27.0. The van der Waals surface area contributed by atoms with Crippen molar-refractivity contribution in [3.63, 3.8) is 0 Å². The van der Waals surface area contributed by atoms with Crippen molar-refractivity contribution in [2.45, 2.75) is 25.2 Å². The first-order chi connectivity index (χ1) is 14.2. The van der Waals surface area contributed by atoms with Crippen LogP contribution in [-0.2, 0) is 14.8 Å². The van der Waals surface area contributed by atoms with E-state index in [1.807, 2.05) is 13.0 Å². The van der Waals surface area contributed by atoms with Gasteiger partial charge in [0.15, 0.2) is 0 Å². The van der Waals surface area contributed by atoms with Crippen LogP contribution in [0.5, 0.6) is 0 Å². The highest BCUT2D eigenvalue weighted by Crippen LogP contribution is 2.25. The zero-order chi connectivity index (χ0) is 21.9. The van der Waals surface area contributed by atoms with Gasteiger partial charge in [-0.2, -0.15) is 0 Å². The maximum Gasteiger partial charge on any atom is 0.272 e. The van der Waals surface area contributed by atoms with E-state index < -0.39 is 16.0 Å². The Hall–Kier alpha value is -3.59. The number of nitrogens with one attached hydrogen (secondary N) is 3. The SMILES string of the molecule is CCC(=O)[O-].Cc1cccc(NS(=O)(=O)c2ccc3[nH]c(=O)c4[nH]ccc4c3c2)c1. The molecule has 0 saturated heterocycles. The number of fused-ring (bicyclic) bond motifs is 3. The normalized spacial score (nSPS) is 11.1. The molecule has 2 heterocycles. The van der Waals surface area contributed by atoms with Crippen LogP contribution in [-0.4, -0.2) is 24.4 Å². The minimum absolute atomic E-state index is 0.111. The number of hydrogen-bond donors (Lipinski definition) is 3. The van der Waals surface area contributed by atoms with Crippen LogP contribution in [0.15, 0.2) is 64.4 Å². The maximum atomic E-state index is 12.7. The van der Waals surface area contributed by atoms with Gasteiger partial charge in [0, 0.05) is 34.1 Å². The minimum atomic E-state index is -3.74. The summed E-state index contributed by atoms with van der Waals surface area (Å²) in [6, 6.07) is 13.6. The predicted octanol–water partition coefficient (Wildman–Crippen LogP) is 2.26. The number of aryl methyl sites for hydroxylation is 1. The Labute approximate surface area is 172 Å². The quantitative estimate of drug-likeness (QED) is 0.460. The Morgan fingerprint density at radius 1 is 1.10 bits per heavy atom. The van der Waals surface area contributed by atoms with Gasteiger partial charge in [-0.25, -0.2) is 8.42 Å². The molecule has 0 spiro atoms. The van der Waals surface area contributed by atoms with E-state index in [-0.39, 0.29) is 16.9 Å². The summed E-state index contributed by atoms with van der Waals surface area (Å²) in [6.07, 6.45) is 1.77. The lowest BCUT2D eigenvalue weighted by Crippen LogP contribution is -2.19. The monoisotopic (exact) mass is 426 g/mol. The summed E-state index contributed by atoms with van der Waals surface area (Å²) >= 11 is 0. The molecule has 0 bridgehead atoms. The zero-order valence-electron chi connectivity index (χ0n) is 16.4. The van der Waals surface area contributed by atoms with Crippen molar-refractivity contribution >= 4 is 43.5 Å². The lowest BCUT2D eigenvalue weighted by Gasteiger charge is -2.10. The van der Waals surface area contributed by atoms with Crippen LogP contribution in [0.4, 0.5) is 5.69 Å². The third kappa shape index (κ3) is 4.52. The highest BCUT2D eigenvalue weighted by Gasteiger charge is 2.16. The van der Waals surface area contributed by atoms with E-state index in [9.17, 15) is 23.1 Å².